The van der Waals surface area contributed by atoms with Gasteiger partial charge in [-0.1, -0.05) is 0 Å². The minimum atomic E-state index is -0.879. The predicted molar refractivity (Wildman–Crippen MR) is 61.5 cm³/mol. The number of guanidine groups is 1. The van der Waals surface area contributed by atoms with Crippen LogP contribution in [0.2, 0.25) is 0 Å². The van der Waals surface area contributed by atoms with Crippen molar-refractivity contribution in [2.75, 3.05) is 5.73 Å². The Bertz CT molecular complexity index is 498. The number of nitrogens with zero attached hydrogens (tertiary/aromatic N) is 2. The van der Waals surface area contributed by atoms with Gasteiger partial charge in [-0.3, -0.25) is 15.4 Å². The summed E-state index contributed by atoms with van der Waals surface area (Å²) in [5.41, 5.74) is 15.4. The second-order valence-electron chi connectivity index (χ2n) is 2.99. The molecule has 1 aromatic rings. The number of primary amides is 1. The number of hydrogen-bond acceptors (Lipinski definition) is 5. The highest BCUT2D eigenvalue weighted by atomic mass is 16.6. The maximum Gasteiger partial charge on any atom is 0.318 e. The average Bonchev–Trinajstić information content (AvgIpc) is 2.19. The van der Waals surface area contributed by atoms with Crippen LogP contribution in [0, 0.1) is 10.1 Å². The summed E-state index contributed by atoms with van der Waals surface area (Å²) in [7, 11) is 0. The fraction of sp³-hybridized carbons (Fsp3) is 0. The van der Waals surface area contributed by atoms with Crippen molar-refractivity contribution in [3.63, 3.8) is 0 Å². The van der Waals surface area contributed by atoms with Gasteiger partial charge in [0, 0.05) is 6.07 Å². The molecule has 0 bridgehead atoms. The van der Waals surface area contributed by atoms with Crippen molar-refractivity contribution in [3.8, 4) is 0 Å². The van der Waals surface area contributed by atoms with Crippen molar-refractivity contribution >= 4 is 29.1 Å². The van der Waals surface area contributed by atoms with Crippen molar-refractivity contribution in [2.24, 2.45) is 16.5 Å². The van der Waals surface area contributed by atoms with Gasteiger partial charge in [0.25, 0.3) is 5.69 Å². The number of nitro groups is 1. The maximum atomic E-state index is 10.6. The zero-order chi connectivity index (χ0) is 13.0. The van der Waals surface area contributed by atoms with Crippen LogP contribution in [0.25, 0.3) is 0 Å². The monoisotopic (exact) mass is 238 g/mol. The molecular formula is C8H10N6O3. The molecule has 0 aromatic heterocycles. The molecule has 9 nitrogen and oxygen atoms in total. The number of rotatable bonds is 2. The molecule has 0 saturated heterocycles. The van der Waals surface area contributed by atoms with Crippen LogP contribution < -0.4 is 22.5 Å². The van der Waals surface area contributed by atoms with E-state index in [4.69, 9.17) is 17.2 Å². The highest BCUT2D eigenvalue weighted by Gasteiger charge is 2.11. The summed E-state index contributed by atoms with van der Waals surface area (Å²) < 4.78 is 0. The van der Waals surface area contributed by atoms with Gasteiger partial charge in [0.1, 0.15) is 5.69 Å². The maximum absolute atomic E-state index is 10.6. The van der Waals surface area contributed by atoms with Crippen LogP contribution >= 0.6 is 0 Å². The summed E-state index contributed by atoms with van der Waals surface area (Å²) in [6.07, 6.45) is 0. The summed E-state index contributed by atoms with van der Waals surface area (Å²) in [5, 5.41) is 12.6. The molecule has 0 radical (unpaired) electrons. The molecule has 0 aliphatic carbocycles. The Morgan fingerprint density at radius 1 is 1.41 bits per heavy atom. The Hall–Kier alpha value is -2.84. The third kappa shape index (κ3) is 3.34. The molecule has 7 N–H and O–H groups in total. The highest BCUT2D eigenvalue weighted by molar-refractivity contribution is 5.95. The minimum absolute atomic E-state index is 0.00961. The lowest BCUT2D eigenvalue weighted by Gasteiger charge is -2.01. The first kappa shape index (κ1) is 12.2. The number of carbonyl (C=O) groups excluding carboxylic acids is 1. The summed E-state index contributed by atoms with van der Waals surface area (Å²) in [6.45, 7) is 0. The van der Waals surface area contributed by atoms with Gasteiger partial charge < -0.3 is 17.2 Å². The zero-order valence-electron chi connectivity index (χ0n) is 8.58. The van der Waals surface area contributed by atoms with E-state index in [1.54, 1.807) is 0 Å². The van der Waals surface area contributed by atoms with Crippen molar-refractivity contribution in [2.45, 2.75) is 0 Å². The van der Waals surface area contributed by atoms with Crippen molar-refractivity contribution in [3.05, 3.63) is 28.3 Å². The number of nitrogens with one attached hydrogen (secondary N) is 1. The summed E-state index contributed by atoms with van der Waals surface area (Å²) >= 11 is 0. The Morgan fingerprint density at radius 2 is 2.06 bits per heavy atom. The van der Waals surface area contributed by atoms with Crippen LogP contribution in [0.3, 0.4) is 0 Å². The SMILES string of the molecule is NC(=O)NC(N)=Nc1ccc(N)c([N+](=O)[O-])c1. The molecular weight excluding hydrogens is 228 g/mol. The average molecular weight is 238 g/mol. The van der Waals surface area contributed by atoms with E-state index in [2.05, 4.69) is 4.99 Å². The van der Waals surface area contributed by atoms with Gasteiger partial charge >= 0.3 is 6.03 Å². The number of carbonyl (C=O) groups is 1. The molecule has 0 aliphatic heterocycles. The standard InChI is InChI=1S/C8H10N6O3/c9-5-2-1-4(3-6(5)14(16)17)12-7(10)13-8(11)15/h1-3H,9H2,(H5,10,11,12,13,15). The summed E-state index contributed by atoms with van der Waals surface area (Å²) in [5.74, 6) is -0.267. The fourth-order valence-electron chi connectivity index (χ4n) is 1.05. The second-order valence-corrected chi connectivity index (χ2v) is 2.99. The van der Waals surface area contributed by atoms with Crippen LogP contribution in [0.5, 0.6) is 0 Å². The molecule has 1 rings (SSSR count). The van der Waals surface area contributed by atoms with E-state index < -0.39 is 11.0 Å². The second kappa shape index (κ2) is 4.79. The van der Waals surface area contributed by atoms with Gasteiger partial charge in [0.2, 0.25) is 5.96 Å². The normalized spacial score (nSPS) is 10.9. The molecule has 2 amide bonds. The van der Waals surface area contributed by atoms with E-state index in [1.165, 1.54) is 12.1 Å². The fourth-order valence-corrected chi connectivity index (χ4v) is 1.05. The first-order chi connectivity index (χ1) is 7.90. The van der Waals surface area contributed by atoms with Crippen molar-refractivity contribution in [1.29, 1.82) is 0 Å². The Labute approximate surface area is 95.4 Å². The van der Waals surface area contributed by atoms with Gasteiger partial charge in [-0.2, -0.15) is 0 Å². The number of nitro benzene ring substituents is 1. The van der Waals surface area contributed by atoms with Crippen LogP contribution in [0.4, 0.5) is 21.9 Å². The predicted octanol–water partition coefficient (Wildman–Crippen LogP) is -0.208. The van der Waals surface area contributed by atoms with Crippen LogP contribution in [-0.4, -0.2) is 16.9 Å². The molecule has 9 heteroatoms. The number of benzene rings is 1. The number of nitrogens with two attached hydrogens (primary N) is 3. The molecule has 0 unspecified atom stereocenters. The number of hydrogen-bond donors (Lipinski definition) is 4. The molecule has 90 valence electrons. The lowest BCUT2D eigenvalue weighted by atomic mass is 10.2. The summed E-state index contributed by atoms with van der Waals surface area (Å²) in [6, 6.07) is 2.98. The number of anilines is 1. The van der Waals surface area contributed by atoms with Gasteiger partial charge in [-0.25, -0.2) is 9.79 Å². The third-order valence-electron chi connectivity index (χ3n) is 1.71. The Kier molecular flexibility index (Phi) is 3.44. The first-order valence-corrected chi connectivity index (χ1v) is 4.34. The van der Waals surface area contributed by atoms with E-state index in [1.807, 2.05) is 5.32 Å². The molecule has 0 aliphatic rings. The minimum Gasteiger partial charge on any atom is -0.393 e. The van der Waals surface area contributed by atoms with E-state index in [9.17, 15) is 14.9 Å². The van der Waals surface area contributed by atoms with Crippen LogP contribution in [0.1, 0.15) is 0 Å². The molecule has 0 heterocycles. The third-order valence-corrected chi connectivity index (χ3v) is 1.71. The molecule has 17 heavy (non-hydrogen) atoms. The van der Waals surface area contributed by atoms with E-state index in [0.717, 1.165) is 6.07 Å². The van der Waals surface area contributed by atoms with E-state index in [0.29, 0.717) is 0 Å². The molecule has 0 fully saturated rings. The largest absolute Gasteiger partial charge is 0.393 e. The molecule has 0 spiro atoms. The van der Waals surface area contributed by atoms with Crippen LogP contribution in [-0.2, 0) is 0 Å². The van der Waals surface area contributed by atoms with Gasteiger partial charge in [-0.05, 0) is 12.1 Å². The van der Waals surface area contributed by atoms with Crippen LogP contribution in [0.15, 0.2) is 23.2 Å². The molecule has 0 saturated carbocycles. The van der Waals surface area contributed by atoms with Crippen molar-refractivity contribution < 1.29 is 9.72 Å². The van der Waals surface area contributed by atoms with Gasteiger partial charge in [0.05, 0.1) is 10.6 Å². The number of amides is 2. The Morgan fingerprint density at radius 3 is 2.59 bits per heavy atom. The number of urea groups is 1. The first-order valence-electron chi connectivity index (χ1n) is 4.34. The topological polar surface area (TPSA) is 163 Å². The lowest BCUT2D eigenvalue weighted by Crippen LogP contribution is -2.39. The van der Waals surface area contributed by atoms with Gasteiger partial charge in [0.15, 0.2) is 0 Å². The quantitative estimate of drug-likeness (QED) is 0.184. The highest BCUT2D eigenvalue weighted by Crippen LogP contribution is 2.26. The smallest absolute Gasteiger partial charge is 0.318 e. The lowest BCUT2D eigenvalue weighted by molar-refractivity contribution is -0.383. The van der Waals surface area contributed by atoms with Gasteiger partial charge in [-0.15, -0.1) is 0 Å². The molecule has 0 atom stereocenters. The van der Waals surface area contributed by atoms with Crippen molar-refractivity contribution in [1.82, 2.24) is 5.32 Å². The molecule has 1 aromatic carbocycles. The van der Waals surface area contributed by atoms with E-state index in [-0.39, 0.29) is 23.0 Å². The van der Waals surface area contributed by atoms with E-state index >= 15 is 0 Å². The number of aliphatic imine (C=N–C) groups is 1. The number of nitrogen functional groups attached to an aromatic ring is 1. The summed E-state index contributed by atoms with van der Waals surface area (Å²) in [4.78, 5) is 24.1. The Balaban J connectivity index is 3.04. The zero-order valence-corrected chi connectivity index (χ0v) is 8.58.